The van der Waals surface area contributed by atoms with Crippen molar-refractivity contribution in [3.63, 3.8) is 0 Å². The van der Waals surface area contributed by atoms with Gasteiger partial charge in [-0.3, -0.25) is 4.79 Å². The van der Waals surface area contributed by atoms with Crippen LogP contribution in [0.3, 0.4) is 0 Å². The molecular formula is C29H31NO2. The Labute approximate surface area is 190 Å². The molecule has 0 heterocycles. The van der Waals surface area contributed by atoms with Crippen molar-refractivity contribution in [1.82, 2.24) is 5.32 Å². The molecule has 0 unspecified atom stereocenters. The zero-order chi connectivity index (χ0) is 22.2. The van der Waals surface area contributed by atoms with Crippen molar-refractivity contribution >= 4 is 18.1 Å². The summed E-state index contributed by atoms with van der Waals surface area (Å²) in [6.07, 6.45) is 11.0. The van der Waals surface area contributed by atoms with Gasteiger partial charge in [-0.15, -0.1) is 0 Å². The molecule has 0 aromatic heterocycles. The second-order valence-corrected chi connectivity index (χ2v) is 8.65. The molecular weight excluding hydrogens is 394 g/mol. The van der Waals surface area contributed by atoms with Gasteiger partial charge in [0.15, 0.2) is 0 Å². The van der Waals surface area contributed by atoms with Crippen LogP contribution in [-0.2, 0) is 11.3 Å². The predicted molar refractivity (Wildman–Crippen MR) is 132 cm³/mol. The maximum absolute atomic E-state index is 12.5. The van der Waals surface area contributed by atoms with Gasteiger partial charge in [0.1, 0.15) is 5.75 Å². The molecule has 0 aliphatic heterocycles. The minimum atomic E-state index is 0.159. The maximum atomic E-state index is 12.5. The highest BCUT2D eigenvalue weighted by Crippen LogP contribution is 2.29. The summed E-state index contributed by atoms with van der Waals surface area (Å²) in [6, 6.07) is 23.8. The number of rotatable bonds is 7. The van der Waals surface area contributed by atoms with E-state index in [4.69, 9.17) is 0 Å². The first-order valence-corrected chi connectivity index (χ1v) is 11.6. The van der Waals surface area contributed by atoms with Crippen molar-refractivity contribution in [2.24, 2.45) is 5.92 Å². The van der Waals surface area contributed by atoms with Gasteiger partial charge in [0, 0.05) is 13.0 Å². The third kappa shape index (κ3) is 5.88. The Hall–Kier alpha value is -3.33. The van der Waals surface area contributed by atoms with E-state index in [2.05, 4.69) is 35.7 Å². The number of aromatic hydroxyl groups is 1. The van der Waals surface area contributed by atoms with Crippen molar-refractivity contribution in [2.45, 2.75) is 45.1 Å². The Kier molecular flexibility index (Phi) is 7.39. The van der Waals surface area contributed by atoms with Crippen LogP contribution in [0, 0.1) is 5.92 Å². The monoisotopic (exact) mass is 425 g/mol. The third-order valence-electron chi connectivity index (χ3n) is 6.29. The lowest BCUT2D eigenvalue weighted by Crippen LogP contribution is -2.26. The first kappa shape index (κ1) is 21.9. The summed E-state index contributed by atoms with van der Waals surface area (Å²) in [4.78, 5) is 12.5. The minimum absolute atomic E-state index is 0.159. The topological polar surface area (TPSA) is 49.3 Å². The fourth-order valence-electron chi connectivity index (χ4n) is 4.52. The van der Waals surface area contributed by atoms with E-state index in [0.29, 0.717) is 18.9 Å². The minimum Gasteiger partial charge on any atom is -0.508 e. The van der Waals surface area contributed by atoms with Crippen molar-refractivity contribution in [2.75, 3.05) is 0 Å². The molecule has 2 N–H and O–H groups in total. The Morgan fingerprint density at radius 2 is 1.53 bits per heavy atom. The SMILES string of the molecule is O=C(CC1CCCCC1)NCc1ccccc1-c1ccccc1/C=C/c1ccc(O)cc1. The summed E-state index contributed by atoms with van der Waals surface area (Å²) in [6.45, 7) is 0.539. The highest BCUT2D eigenvalue weighted by molar-refractivity contribution is 5.82. The largest absolute Gasteiger partial charge is 0.508 e. The second kappa shape index (κ2) is 10.8. The summed E-state index contributed by atoms with van der Waals surface area (Å²) in [5, 5.41) is 12.7. The number of phenolic OH excluding ortho intramolecular Hbond substituents is 1. The van der Waals surface area contributed by atoms with E-state index in [1.54, 1.807) is 12.1 Å². The fraction of sp³-hybridized carbons (Fsp3) is 0.276. The molecule has 3 nitrogen and oxygen atoms in total. The number of hydrogen-bond acceptors (Lipinski definition) is 2. The molecule has 0 spiro atoms. The predicted octanol–water partition coefficient (Wildman–Crippen LogP) is 6.82. The van der Waals surface area contributed by atoms with Crippen LogP contribution in [0.1, 0.15) is 55.2 Å². The molecule has 0 bridgehead atoms. The standard InChI is InChI=1S/C29H31NO2/c31-26-18-15-22(16-19-26)14-17-24-10-4-6-12-27(24)28-13-7-5-11-25(28)21-30-29(32)20-23-8-2-1-3-9-23/h4-7,10-19,23,31H,1-3,8-9,20-21H2,(H,30,32)/b17-14+. The number of benzene rings is 3. The zero-order valence-electron chi connectivity index (χ0n) is 18.5. The van der Waals surface area contributed by atoms with E-state index in [1.807, 2.05) is 42.5 Å². The van der Waals surface area contributed by atoms with Crippen LogP contribution >= 0.6 is 0 Å². The molecule has 32 heavy (non-hydrogen) atoms. The number of nitrogens with one attached hydrogen (secondary N) is 1. The van der Waals surface area contributed by atoms with Gasteiger partial charge < -0.3 is 10.4 Å². The molecule has 0 atom stereocenters. The van der Waals surface area contributed by atoms with E-state index in [0.717, 1.165) is 27.8 Å². The number of hydrogen-bond donors (Lipinski definition) is 2. The summed E-state index contributed by atoms with van der Waals surface area (Å²) >= 11 is 0. The normalized spacial score (nSPS) is 14.5. The van der Waals surface area contributed by atoms with Gasteiger partial charge in [-0.25, -0.2) is 0 Å². The molecule has 1 aliphatic carbocycles. The van der Waals surface area contributed by atoms with Gasteiger partial charge in [0.25, 0.3) is 0 Å². The van der Waals surface area contributed by atoms with E-state index < -0.39 is 0 Å². The Morgan fingerprint density at radius 1 is 0.844 bits per heavy atom. The van der Waals surface area contributed by atoms with Gasteiger partial charge in [-0.2, -0.15) is 0 Å². The highest BCUT2D eigenvalue weighted by atomic mass is 16.3. The van der Waals surface area contributed by atoms with Crippen molar-refractivity contribution in [3.8, 4) is 16.9 Å². The number of phenols is 1. The van der Waals surface area contributed by atoms with E-state index in [-0.39, 0.29) is 11.7 Å². The zero-order valence-corrected chi connectivity index (χ0v) is 18.5. The average Bonchev–Trinajstić information content (AvgIpc) is 2.83. The fourth-order valence-corrected chi connectivity index (χ4v) is 4.52. The summed E-state index contributed by atoms with van der Waals surface area (Å²) in [7, 11) is 0. The first-order valence-electron chi connectivity index (χ1n) is 11.6. The summed E-state index contributed by atoms with van der Waals surface area (Å²) < 4.78 is 0. The van der Waals surface area contributed by atoms with Crippen LogP contribution in [-0.4, -0.2) is 11.0 Å². The van der Waals surface area contributed by atoms with Crippen LogP contribution in [0.2, 0.25) is 0 Å². The van der Waals surface area contributed by atoms with Crippen molar-refractivity contribution < 1.29 is 9.90 Å². The molecule has 3 aromatic carbocycles. The number of carbonyl (C=O) groups is 1. The quantitative estimate of drug-likeness (QED) is 0.408. The third-order valence-corrected chi connectivity index (χ3v) is 6.29. The lowest BCUT2D eigenvalue weighted by molar-refractivity contribution is -0.122. The Morgan fingerprint density at radius 3 is 2.31 bits per heavy atom. The summed E-state index contributed by atoms with van der Waals surface area (Å²) in [5.41, 5.74) is 5.54. The summed E-state index contributed by atoms with van der Waals surface area (Å²) in [5.74, 6) is 0.971. The molecule has 4 rings (SSSR count). The Bertz CT molecular complexity index is 1060. The molecule has 1 saturated carbocycles. The van der Waals surface area contributed by atoms with Crippen molar-refractivity contribution in [1.29, 1.82) is 0 Å². The highest BCUT2D eigenvalue weighted by Gasteiger charge is 2.17. The Balaban J connectivity index is 1.49. The van der Waals surface area contributed by atoms with Gasteiger partial charge in [0.05, 0.1) is 0 Å². The molecule has 1 aliphatic rings. The molecule has 0 radical (unpaired) electrons. The first-order chi connectivity index (χ1) is 15.7. The average molecular weight is 426 g/mol. The number of carbonyl (C=O) groups excluding carboxylic acids is 1. The smallest absolute Gasteiger partial charge is 0.220 e. The molecule has 3 heteroatoms. The van der Waals surface area contributed by atoms with E-state index >= 15 is 0 Å². The van der Waals surface area contributed by atoms with Gasteiger partial charge in [-0.05, 0) is 58.7 Å². The lowest BCUT2D eigenvalue weighted by atomic mass is 9.87. The molecule has 1 fully saturated rings. The van der Waals surface area contributed by atoms with E-state index in [1.165, 1.54) is 32.1 Å². The van der Waals surface area contributed by atoms with Crippen LogP contribution < -0.4 is 5.32 Å². The second-order valence-electron chi connectivity index (χ2n) is 8.65. The lowest BCUT2D eigenvalue weighted by Gasteiger charge is -2.21. The molecule has 164 valence electrons. The van der Waals surface area contributed by atoms with Crippen molar-refractivity contribution in [3.05, 3.63) is 89.5 Å². The maximum Gasteiger partial charge on any atom is 0.220 e. The van der Waals surface area contributed by atoms with Crippen LogP contribution in [0.4, 0.5) is 0 Å². The van der Waals surface area contributed by atoms with Crippen LogP contribution in [0.15, 0.2) is 72.8 Å². The van der Waals surface area contributed by atoms with Crippen LogP contribution in [0.25, 0.3) is 23.3 Å². The number of amides is 1. The molecule has 3 aromatic rings. The van der Waals surface area contributed by atoms with Gasteiger partial charge >= 0.3 is 0 Å². The van der Waals surface area contributed by atoms with Gasteiger partial charge in [-0.1, -0.05) is 92.1 Å². The van der Waals surface area contributed by atoms with Gasteiger partial charge in [0.2, 0.25) is 5.91 Å². The van der Waals surface area contributed by atoms with E-state index in [9.17, 15) is 9.90 Å². The molecule has 0 saturated heterocycles. The van der Waals surface area contributed by atoms with Crippen LogP contribution in [0.5, 0.6) is 5.75 Å². The molecule has 1 amide bonds.